The lowest BCUT2D eigenvalue weighted by atomic mass is 10.1. The van der Waals surface area contributed by atoms with E-state index in [1.807, 2.05) is 54.6 Å². The molecule has 5 heteroatoms. The largest absolute Gasteiger partial charge is 0.489 e. The van der Waals surface area contributed by atoms with Crippen molar-refractivity contribution in [2.45, 2.75) is 18.9 Å². The van der Waals surface area contributed by atoms with Gasteiger partial charge in [0, 0.05) is 24.0 Å². The molecule has 0 bridgehead atoms. The Morgan fingerprint density at radius 2 is 1.88 bits per heavy atom. The molecular weight excluding hydrogens is 328 g/mol. The summed E-state index contributed by atoms with van der Waals surface area (Å²) in [5.74, 6) is 0.780. The first-order valence-electron chi connectivity index (χ1n) is 8.79. The quantitative estimate of drug-likeness (QED) is 0.789. The highest BCUT2D eigenvalue weighted by molar-refractivity contribution is 5.82. The normalized spacial score (nSPS) is 16.8. The van der Waals surface area contributed by atoms with E-state index in [1.54, 1.807) is 11.0 Å². The molecule has 0 spiro atoms. The van der Waals surface area contributed by atoms with Gasteiger partial charge < -0.3 is 14.6 Å². The zero-order valence-corrected chi connectivity index (χ0v) is 14.4. The maximum Gasteiger partial charge on any atom is 0.252 e. The van der Waals surface area contributed by atoms with Crippen molar-refractivity contribution in [3.63, 3.8) is 0 Å². The van der Waals surface area contributed by atoms with E-state index in [1.165, 1.54) is 0 Å². The molecule has 1 aromatic heterocycles. The molecule has 0 radical (unpaired) electrons. The predicted octanol–water partition coefficient (Wildman–Crippen LogP) is 2.75. The van der Waals surface area contributed by atoms with Crippen LogP contribution in [0, 0.1) is 0 Å². The van der Waals surface area contributed by atoms with Crippen LogP contribution in [0.4, 0.5) is 0 Å². The van der Waals surface area contributed by atoms with Crippen molar-refractivity contribution >= 4 is 16.8 Å². The molecule has 1 unspecified atom stereocenters. The van der Waals surface area contributed by atoms with E-state index >= 15 is 0 Å². The Balaban J connectivity index is 1.42. The number of para-hydroxylation sites is 2. The van der Waals surface area contributed by atoms with Crippen molar-refractivity contribution in [1.82, 2.24) is 9.88 Å². The second-order valence-corrected chi connectivity index (χ2v) is 6.57. The van der Waals surface area contributed by atoms with Gasteiger partial charge in [0.2, 0.25) is 5.91 Å². The summed E-state index contributed by atoms with van der Waals surface area (Å²) in [5, 5.41) is 0.932. The molecule has 2 aromatic carbocycles. The SMILES string of the molecule is O=C(Cc1cc2ccccc2[nH]c1=O)N1CCC(Oc2ccccc2)C1. The number of rotatable bonds is 4. The number of aromatic nitrogens is 1. The number of aromatic amines is 1. The number of carbonyl (C=O) groups is 1. The fourth-order valence-corrected chi connectivity index (χ4v) is 3.34. The summed E-state index contributed by atoms with van der Waals surface area (Å²) in [5.41, 5.74) is 1.08. The maximum atomic E-state index is 12.6. The molecule has 132 valence electrons. The first-order valence-corrected chi connectivity index (χ1v) is 8.79. The fraction of sp³-hybridized carbons (Fsp3) is 0.238. The van der Waals surface area contributed by atoms with Crippen LogP contribution in [0.2, 0.25) is 0 Å². The zero-order chi connectivity index (χ0) is 17.9. The average molecular weight is 348 g/mol. The summed E-state index contributed by atoms with van der Waals surface area (Å²) >= 11 is 0. The lowest BCUT2D eigenvalue weighted by molar-refractivity contribution is -0.129. The number of pyridine rings is 1. The fourth-order valence-electron chi connectivity index (χ4n) is 3.34. The average Bonchev–Trinajstić information content (AvgIpc) is 3.12. The monoisotopic (exact) mass is 348 g/mol. The van der Waals surface area contributed by atoms with E-state index in [0.717, 1.165) is 23.1 Å². The molecule has 1 fully saturated rings. The Kier molecular flexibility index (Phi) is 4.44. The van der Waals surface area contributed by atoms with Crippen molar-refractivity contribution in [3.8, 4) is 5.75 Å². The highest BCUT2D eigenvalue weighted by atomic mass is 16.5. The van der Waals surface area contributed by atoms with Crippen LogP contribution in [0.15, 0.2) is 65.5 Å². The van der Waals surface area contributed by atoms with Gasteiger partial charge in [-0.25, -0.2) is 0 Å². The molecule has 1 amide bonds. The van der Waals surface area contributed by atoms with Gasteiger partial charge in [0.15, 0.2) is 0 Å². The molecular formula is C21H20N2O3. The molecule has 0 aliphatic carbocycles. The van der Waals surface area contributed by atoms with Gasteiger partial charge in [-0.1, -0.05) is 36.4 Å². The van der Waals surface area contributed by atoms with E-state index in [0.29, 0.717) is 18.7 Å². The van der Waals surface area contributed by atoms with Gasteiger partial charge in [-0.05, 0) is 29.7 Å². The molecule has 1 aliphatic heterocycles. The van der Waals surface area contributed by atoms with Crippen LogP contribution in [0.3, 0.4) is 0 Å². The number of carbonyl (C=O) groups excluding carboxylic acids is 1. The Hall–Kier alpha value is -3.08. The molecule has 5 nitrogen and oxygen atoms in total. The number of hydrogen-bond donors (Lipinski definition) is 1. The number of H-pyrrole nitrogens is 1. The minimum absolute atomic E-state index is 0.00348. The molecule has 1 atom stereocenters. The van der Waals surface area contributed by atoms with Crippen LogP contribution < -0.4 is 10.3 Å². The van der Waals surface area contributed by atoms with Crippen LogP contribution in [0.25, 0.3) is 10.9 Å². The predicted molar refractivity (Wildman–Crippen MR) is 100 cm³/mol. The maximum absolute atomic E-state index is 12.6. The smallest absolute Gasteiger partial charge is 0.252 e. The zero-order valence-electron chi connectivity index (χ0n) is 14.4. The Morgan fingerprint density at radius 1 is 1.12 bits per heavy atom. The molecule has 26 heavy (non-hydrogen) atoms. The van der Waals surface area contributed by atoms with E-state index in [2.05, 4.69) is 4.98 Å². The topological polar surface area (TPSA) is 62.4 Å². The number of hydrogen-bond acceptors (Lipinski definition) is 3. The summed E-state index contributed by atoms with van der Waals surface area (Å²) in [6.45, 7) is 1.21. The minimum Gasteiger partial charge on any atom is -0.489 e. The van der Waals surface area contributed by atoms with Gasteiger partial charge in [-0.3, -0.25) is 9.59 Å². The van der Waals surface area contributed by atoms with Gasteiger partial charge in [-0.15, -0.1) is 0 Å². The number of fused-ring (bicyclic) bond motifs is 1. The Labute approximate surface area is 151 Å². The summed E-state index contributed by atoms with van der Waals surface area (Å²) < 4.78 is 5.93. The third-order valence-corrected chi connectivity index (χ3v) is 4.72. The Bertz CT molecular complexity index is 981. The second kappa shape index (κ2) is 7.04. The third-order valence-electron chi connectivity index (χ3n) is 4.72. The van der Waals surface area contributed by atoms with E-state index < -0.39 is 0 Å². The van der Waals surface area contributed by atoms with Crippen molar-refractivity contribution in [2.24, 2.45) is 0 Å². The minimum atomic E-state index is -0.201. The summed E-state index contributed by atoms with van der Waals surface area (Å²) in [6.07, 6.45) is 0.906. The van der Waals surface area contributed by atoms with E-state index in [4.69, 9.17) is 4.74 Å². The third kappa shape index (κ3) is 3.47. The number of likely N-dealkylation sites (tertiary alicyclic amines) is 1. The number of nitrogens with zero attached hydrogens (tertiary/aromatic N) is 1. The molecule has 1 N–H and O–H groups in total. The van der Waals surface area contributed by atoms with Crippen LogP contribution in [0.5, 0.6) is 5.75 Å². The molecule has 0 saturated carbocycles. The molecule has 4 rings (SSSR count). The van der Waals surface area contributed by atoms with Crippen LogP contribution in [-0.2, 0) is 11.2 Å². The van der Waals surface area contributed by atoms with Gasteiger partial charge in [-0.2, -0.15) is 0 Å². The van der Waals surface area contributed by atoms with Crippen molar-refractivity contribution in [3.05, 3.63) is 76.6 Å². The number of nitrogens with one attached hydrogen (secondary N) is 1. The van der Waals surface area contributed by atoms with Crippen molar-refractivity contribution in [1.29, 1.82) is 0 Å². The lowest BCUT2D eigenvalue weighted by Gasteiger charge is -2.17. The van der Waals surface area contributed by atoms with Crippen LogP contribution >= 0.6 is 0 Å². The summed E-state index contributed by atoms with van der Waals surface area (Å²) in [4.78, 5) is 29.5. The molecule has 1 saturated heterocycles. The lowest BCUT2D eigenvalue weighted by Crippen LogP contribution is -2.33. The second-order valence-electron chi connectivity index (χ2n) is 6.57. The van der Waals surface area contributed by atoms with Gasteiger partial charge in [0.05, 0.1) is 13.0 Å². The van der Waals surface area contributed by atoms with E-state index in [-0.39, 0.29) is 24.0 Å². The molecule has 3 aromatic rings. The Morgan fingerprint density at radius 3 is 2.73 bits per heavy atom. The summed E-state index contributed by atoms with van der Waals surface area (Å²) in [6, 6.07) is 19.0. The number of ether oxygens (including phenoxy) is 1. The van der Waals surface area contributed by atoms with Gasteiger partial charge >= 0.3 is 0 Å². The van der Waals surface area contributed by atoms with Crippen LogP contribution in [-0.4, -0.2) is 35.0 Å². The standard InChI is InChI=1S/C21H20N2O3/c24-20(13-16-12-15-6-4-5-9-19(15)22-21(16)25)23-11-10-18(14-23)26-17-7-2-1-3-8-17/h1-9,12,18H,10-11,13-14H2,(H,22,25). The highest BCUT2D eigenvalue weighted by Crippen LogP contribution is 2.19. The molecule has 1 aliphatic rings. The van der Waals surface area contributed by atoms with Crippen LogP contribution in [0.1, 0.15) is 12.0 Å². The number of amides is 1. The van der Waals surface area contributed by atoms with Crippen molar-refractivity contribution in [2.75, 3.05) is 13.1 Å². The van der Waals surface area contributed by atoms with Gasteiger partial charge in [0.1, 0.15) is 11.9 Å². The van der Waals surface area contributed by atoms with Crippen molar-refractivity contribution < 1.29 is 9.53 Å². The number of benzene rings is 2. The van der Waals surface area contributed by atoms with Gasteiger partial charge in [0.25, 0.3) is 5.56 Å². The first kappa shape index (κ1) is 16.4. The first-order chi connectivity index (χ1) is 12.7. The van der Waals surface area contributed by atoms with E-state index in [9.17, 15) is 9.59 Å². The highest BCUT2D eigenvalue weighted by Gasteiger charge is 2.28. The molecule has 2 heterocycles. The summed E-state index contributed by atoms with van der Waals surface area (Å²) in [7, 11) is 0.